The zero-order valence-electron chi connectivity index (χ0n) is 10.6. The summed E-state index contributed by atoms with van der Waals surface area (Å²) in [5, 5.41) is 3.32. The number of hydrogen-bond acceptors (Lipinski definition) is 4. The molecule has 1 fully saturated rings. The summed E-state index contributed by atoms with van der Waals surface area (Å²) in [6, 6.07) is 0.0576. The summed E-state index contributed by atoms with van der Waals surface area (Å²) in [7, 11) is -0.715. The topological polar surface area (TPSA) is 49.4 Å². The smallest absolute Gasteiger partial charge is 0.148 e. The maximum Gasteiger partial charge on any atom is 0.148 e. The number of piperidine rings is 1. The van der Waals surface area contributed by atoms with Gasteiger partial charge in [0.25, 0.3) is 0 Å². The fraction of sp³-hybridized carbons (Fsp3) is 1.00. The van der Waals surface area contributed by atoms with Crippen LogP contribution in [0, 0.1) is 5.92 Å². The van der Waals surface area contributed by atoms with Crippen LogP contribution in [0.1, 0.15) is 19.8 Å². The molecule has 4 nitrogen and oxygen atoms in total. The van der Waals surface area contributed by atoms with Gasteiger partial charge in [0.1, 0.15) is 9.84 Å². The van der Waals surface area contributed by atoms with E-state index in [0.717, 1.165) is 13.1 Å². The quantitative estimate of drug-likeness (QED) is 0.763. The Bertz CT molecular complexity index is 303. The van der Waals surface area contributed by atoms with Crippen LogP contribution >= 0.6 is 0 Å². The molecule has 1 aliphatic rings. The van der Waals surface area contributed by atoms with Crippen molar-refractivity contribution in [2.45, 2.75) is 25.8 Å². The minimum Gasteiger partial charge on any atom is -0.313 e. The SMILES string of the molecule is CC(CS(C)(=O)=O)NCC1CCCN(C)C1. The largest absolute Gasteiger partial charge is 0.313 e. The van der Waals surface area contributed by atoms with E-state index in [9.17, 15) is 8.42 Å². The summed E-state index contributed by atoms with van der Waals surface area (Å²) in [6.07, 6.45) is 3.80. The van der Waals surface area contributed by atoms with Crippen molar-refractivity contribution in [3.63, 3.8) is 0 Å². The Balaban J connectivity index is 2.23. The van der Waals surface area contributed by atoms with Crippen molar-refractivity contribution in [2.75, 3.05) is 38.7 Å². The summed E-state index contributed by atoms with van der Waals surface area (Å²) in [6.45, 7) is 5.18. The van der Waals surface area contributed by atoms with E-state index < -0.39 is 9.84 Å². The van der Waals surface area contributed by atoms with Crippen LogP contribution in [0.2, 0.25) is 0 Å². The first kappa shape index (κ1) is 13.9. The summed E-state index contributed by atoms with van der Waals surface area (Å²) in [4.78, 5) is 2.34. The summed E-state index contributed by atoms with van der Waals surface area (Å²) >= 11 is 0. The van der Waals surface area contributed by atoms with E-state index in [-0.39, 0.29) is 11.8 Å². The minimum absolute atomic E-state index is 0.0576. The molecule has 0 bridgehead atoms. The lowest BCUT2D eigenvalue weighted by molar-refractivity contribution is 0.204. The van der Waals surface area contributed by atoms with Crippen LogP contribution in [0.4, 0.5) is 0 Å². The maximum atomic E-state index is 11.1. The van der Waals surface area contributed by atoms with Crippen LogP contribution in [-0.2, 0) is 9.84 Å². The van der Waals surface area contributed by atoms with E-state index in [1.807, 2.05) is 6.92 Å². The lowest BCUT2D eigenvalue weighted by Gasteiger charge is -2.30. The molecule has 0 aromatic rings. The molecule has 0 aromatic heterocycles. The van der Waals surface area contributed by atoms with Gasteiger partial charge in [-0.05, 0) is 45.8 Å². The number of nitrogens with zero attached hydrogens (tertiary/aromatic N) is 1. The van der Waals surface area contributed by atoms with Crippen molar-refractivity contribution in [3.8, 4) is 0 Å². The molecular weight excluding hydrogens is 224 g/mol. The van der Waals surface area contributed by atoms with E-state index in [2.05, 4.69) is 17.3 Å². The van der Waals surface area contributed by atoms with E-state index in [1.165, 1.54) is 25.6 Å². The zero-order chi connectivity index (χ0) is 12.2. The number of likely N-dealkylation sites (tertiary alicyclic amines) is 1. The fourth-order valence-electron chi connectivity index (χ4n) is 2.32. The van der Waals surface area contributed by atoms with Crippen LogP contribution in [0.5, 0.6) is 0 Å². The predicted octanol–water partition coefficient (Wildman–Crippen LogP) is 0.351. The van der Waals surface area contributed by atoms with Gasteiger partial charge in [-0.2, -0.15) is 0 Å². The molecule has 0 spiro atoms. The van der Waals surface area contributed by atoms with Gasteiger partial charge in [-0.3, -0.25) is 0 Å². The summed E-state index contributed by atoms with van der Waals surface area (Å²) < 4.78 is 22.2. The van der Waals surface area contributed by atoms with Gasteiger partial charge in [0.2, 0.25) is 0 Å². The van der Waals surface area contributed by atoms with Gasteiger partial charge in [-0.15, -0.1) is 0 Å². The van der Waals surface area contributed by atoms with Crippen LogP contribution in [-0.4, -0.2) is 58.1 Å². The molecular formula is C11H24N2O2S. The highest BCUT2D eigenvalue weighted by Gasteiger charge is 2.18. The van der Waals surface area contributed by atoms with Gasteiger partial charge in [-0.1, -0.05) is 0 Å². The van der Waals surface area contributed by atoms with Crippen molar-refractivity contribution >= 4 is 9.84 Å². The standard InChI is InChI=1S/C11H24N2O2S/c1-10(9-16(3,14)15)12-7-11-5-4-6-13(2)8-11/h10-12H,4-9H2,1-3H3. The van der Waals surface area contributed by atoms with Crippen LogP contribution in [0.3, 0.4) is 0 Å². The zero-order valence-corrected chi connectivity index (χ0v) is 11.4. The van der Waals surface area contributed by atoms with Crippen LogP contribution < -0.4 is 5.32 Å². The van der Waals surface area contributed by atoms with Gasteiger partial charge in [-0.25, -0.2) is 8.42 Å². The summed E-state index contributed by atoms with van der Waals surface area (Å²) in [5.41, 5.74) is 0. The second-order valence-corrected chi connectivity index (χ2v) is 7.36. The molecule has 0 radical (unpaired) electrons. The Morgan fingerprint density at radius 1 is 1.50 bits per heavy atom. The normalized spacial score (nSPS) is 25.6. The van der Waals surface area contributed by atoms with Crippen LogP contribution in [0.15, 0.2) is 0 Å². The second-order valence-electron chi connectivity index (χ2n) is 5.17. The number of sulfone groups is 1. The lowest BCUT2D eigenvalue weighted by Crippen LogP contribution is -2.41. The third kappa shape index (κ3) is 5.82. The lowest BCUT2D eigenvalue weighted by atomic mass is 9.98. The Morgan fingerprint density at radius 2 is 2.19 bits per heavy atom. The number of hydrogen-bond donors (Lipinski definition) is 1. The van der Waals surface area contributed by atoms with E-state index >= 15 is 0 Å². The molecule has 1 aliphatic heterocycles. The molecule has 2 atom stereocenters. The maximum absolute atomic E-state index is 11.1. The highest BCUT2D eigenvalue weighted by Crippen LogP contribution is 2.14. The van der Waals surface area contributed by atoms with E-state index in [4.69, 9.17) is 0 Å². The van der Waals surface area contributed by atoms with Gasteiger partial charge >= 0.3 is 0 Å². The van der Waals surface area contributed by atoms with Crippen molar-refractivity contribution in [1.29, 1.82) is 0 Å². The molecule has 0 saturated carbocycles. The van der Waals surface area contributed by atoms with Gasteiger partial charge in [0.05, 0.1) is 5.75 Å². The minimum atomic E-state index is -2.86. The Hall–Kier alpha value is -0.130. The number of rotatable bonds is 5. The summed E-state index contributed by atoms with van der Waals surface area (Å²) in [5.74, 6) is 0.899. The highest BCUT2D eigenvalue weighted by molar-refractivity contribution is 7.90. The first-order chi connectivity index (χ1) is 7.37. The first-order valence-electron chi connectivity index (χ1n) is 5.96. The molecule has 1 saturated heterocycles. The third-order valence-electron chi connectivity index (χ3n) is 3.03. The molecule has 1 N–H and O–H groups in total. The second kappa shape index (κ2) is 5.98. The number of nitrogens with one attached hydrogen (secondary N) is 1. The molecule has 0 aromatic carbocycles. The molecule has 1 heterocycles. The van der Waals surface area contributed by atoms with E-state index in [0.29, 0.717) is 5.92 Å². The predicted molar refractivity (Wildman–Crippen MR) is 67.4 cm³/mol. The Labute approximate surface area is 99.3 Å². The van der Waals surface area contributed by atoms with Crippen LogP contribution in [0.25, 0.3) is 0 Å². The van der Waals surface area contributed by atoms with Gasteiger partial charge in [0.15, 0.2) is 0 Å². The Kier molecular flexibility index (Phi) is 5.21. The molecule has 1 rings (SSSR count). The molecule has 2 unspecified atom stereocenters. The highest BCUT2D eigenvalue weighted by atomic mass is 32.2. The monoisotopic (exact) mass is 248 g/mol. The fourth-order valence-corrected chi connectivity index (χ4v) is 3.35. The molecule has 0 amide bonds. The average molecular weight is 248 g/mol. The molecule has 5 heteroatoms. The Morgan fingerprint density at radius 3 is 2.75 bits per heavy atom. The molecule has 0 aliphatic carbocycles. The van der Waals surface area contributed by atoms with Crippen molar-refractivity contribution < 1.29 is 8.42 Å². The average Bonchev–Trinajstić information content (AvgIpc) is 2.12. The molecule has 96 valence electrons. The van der Waals surface area contributed by atoms with Crippen molar-refractivity contribution in [2.24, 2.45) is 5.92 Å². The van der Waals surface area contributed by atoms with E-state index in [1.54, 1.807) is 0 Å². The van der Waals surface area contributed by atoms with Gasteiger partial charge in [0, 0.05) is 18.8 Å². The first-order valence-corrected chi connectivity index (χ1v) is 8.02. The van der Waals surface area contributed by atoms with Crippen molar-refractivity contribution in [1.82, 2.24) is 10.2 Å². The van der Waals surface area contributed by atoms with Crippen molar-refractivity contribution in [3.05, 3.63) is 0 Å². The third-order valence-corrected chi connectivity index (χ3v) is 4.14. The molecule has 16 heavy (non-hydrogen) atoms. The van der Waals surface area contributed by atoms with Gasteiger partial charge < -0.3 is 10.2 Å².